The van der Waals surface area contributed by atoms with Crippen LogP contribution in [-0.2, 0) is 4.74 Å². The Labute approximate surface area is 180 Å². The average Bonchev–Trinajstić information content (AvgIpc) is 3.10. The smallest absolute Gasteiger partial charge is 0.410 e. The van der Waals surface area contributed by atoms with E-state index in [1.165, 1.54) is 17.0 Å². The molecule has 2 N–H and O–H groups in total. The van der Waals surface area contributed by atoms with E-state index in [1.807, 2.05) is 0 Å². The number of likely N-dealkylation sites (tertiary alicyclic amines) is 1. The van der Waals surface area contributed by atoms with Crippen LogP contribution in [0.15, 0.2) is 48.7 Å². The van der Waals surface area contributed by atoms with E-state index in [0.29, 0.717) is 5.88 Å². The molecule has 0 spiro atoms. The van der Waals surface area contributed by atoms with Crippen LogP contribution in [0.25, 0.3) is 0 Å². The van der Waals surface area contributed by atoms with Gasteiger partial charge in [0.05, 0.1) is 23.7 Å². The number of hydrogen-bond acceptors (Lipinski definition) is 6. The Bertz CT molecular complexity index is 957. The van der Waals surface area contributed by atoms with E-state index in [2.05, 4.69) is 10.3 Å². The number of carbonyl (C=O) groups is 3. The number of carbonyl (C=O) groups excluding carboxylic acids is 2. The number of ether oxygens (including phenoxy) is 2. The number of amides is 2. The summed E-state index contributed by atoms with van der Waals surface area (Å²) in [6.07, 6.45) is 0.459. The highest BCUT2D eigenvalue weighted by Crippen LogP contribution is 2.21. The van der Waals surface area contributed by atoms with Gasteiger partial charge in [-0.05, 0) is 39.0 Å². The van der Waals surface area contributed by atoms with Gasteiger partial charge >= 0.3 is 12.1 Å². The summed E-state index contributed by atoms with van der Waals surface area (Å²) in [5.41, 5.74) is -0.748. The SMILES string of the molecule is CC(C)(C)OC(=O)N1C[C@H](NC(=O)c2ccccc2C(=O)O)[C@@H](Oc2ccccn2)C1. The molecule has 2 amide bonds. The first-order chi connectivity index (χ1) is 14.6. The highest BCUT2D eigenvalue weighted by atomic mass is 16.6. The molecular weight excluding hydrogens is 402 g/mol. The van der Waals surface area contributed by atoms with Gasteiger partial charge in [-0.15, -0.1) is 0 Å². The molecule has 164 valence electrons. The molecule has 0 unspecified atom stereocenters. The van der Waals surface area contributed by atoms with Gasteiger partial charge in [0.15, 0.2) is 0 Å². The van der Waals surface area contributed by atoms with Crippen LogP contribution in [-0.4, -0.2) is 63.8 Å². The van der Waals surface area contributed by atoms with E-state index in [9.17, 15) is 19.5 Å². The number of aromatic nitrogens is 1. The van der Waals surface area contributed by atoms with Crippen LogP contribution in [0.5, 0.6) is 5.88 Å². The molecule has 1 saturated heterocycles. The second kappa shape index (κ2) is 9.03. The zero-order valence-corrected chi connectivity index (χ0v) is 17.6. The van der Waals surface area contributed by atoms with E-state index < -0.39 is 35.7 Å². The van der Waals surface area contributed by atoms with Crippen LogP contribution in [0.4, 0.5) is 4.79 Å². The van der Waals surface area contributed by atoms with Crippen LogP contribution in [0.3, 0.4) is 0 Å². The fraction of sp³-hybridized carbons (Fsp3) is 0.364. The first-order valence-corrected chi connectivity index (χ1v) is 9.83. The molecule has 1 aromatic heterocycles. The van der Waals surface area contributed by atoms with Gasteiger partial charge in [-0.1, -0.05) is 18.2 Å². The van der Waals surface area contributed by atoms with Crippen LogP contribution in [0.1, 0.15) is 41.5 Å². The fourth-order valence-corrected chi connectivity index (χ4v) is 3.19. The number of rotatable bonds is 5. The summed E-state index contributed by atoms with van der Waals surface area (Å²) < 4.78 is 11.4. The lowest BCUT2D eigenvalue weighted by Gasteiger charge is -2.24. The van der Waals surface area contributed by atoms with Crippen molar-refractivity contribution >= 4 is 18.0 Å². The molecule has 1 aliphatic rings. The number of nitrogens with one attached hydrogen (secondary N) is 1. The molecule has 3 rings (SSSR count). The van der Waals surface area contributed by atoms with Crippen LogP contribution in [0, 0.1) is 0 Å². The van der Waals surface area contributed by atoms with E-state index >= 15 is 0 Å². The zero-order valence-electron chi connectivity index (χ0n) is 17.6. The highest BCUT2D eigenvalue weighted by molar-refractivity contribution is 6.04. The standard InChI is InChI=1S/C22H25N3O6/c1-22(2,3)31-21(29)25-12-16(17(13-25)30-18-10-6-7-11-23-18)24-19(26)14-8-4-5-9-15(14)20(27)28/h4-11,16-17H,12-13H2,1-3H3,(H,24,26)(H,27,28)/t16-,17-/m0/s1. The molecule has 0 radical (unpaired) electrons. The van der Waals surface area contributed by atoms with Gasteiger partial charge in [0.1, 0.15) is 11.7 Å². The Morgan fingerprint density at radius 2 is 1.74 bits per heavy atom. The third-order valence-electron chi connectivity index (χ3n) is 4.55. The first kappa shape index (κ1) is 22.1. The molecule has 0 aliphatic carbocycles. The van der Waals surface area contributed by atoms with Gasteiger partial charge < -0.3 is 24.8 Å². The van der Waals surface area contributed by atoms with Crippen LogP contribution < -0.4 is 10.1 Å². The molecule has 1 fully saturated rings. The maximum Gasteiger partial charge on any atom is 0.410 e. The Morgan fingerprint density at radius 1 is 1.06 bits per heavy atom. The van der Waals surface area contributed by atoms with Crippen molar-refractivity contribution in [3.8, 4) is 5.88 Å². The van der Waals surface area contributed by atoms with Gasteiger partial charge in [-0.2, -0.15) is 0 Å². The number of hydrogen-bond donors (Lipinski definition) is 2. The molecule has 0 saturated carbocycles. The fourth-order valence-electron chi connectivity index (χ4n) is 3.19. The molecule has 2 atom stereocenters. The minimum Gasteiger partial charge on any atom is -0.478 e. The topological polar surface area (TPSA) is 118 Å². The third kappa shape index (κ3) is 5.71. The Hall–Kier alpha value is -3.62. The molecule has 2 heterocycles. The maximum atomic E-state index is 12.8. The Morgan fingerprint density at radius 3 is 2.35 bits per heavy atom. The second-order valence-corrected chi connectivity index (χ2v) is 8.14. The van der Waals surface area contributed by atoms with Crippen molar-refractivity contribution in [3.05, 3.63) is 59.8 Å². The molecule has 1 aliphatic heterocycles. The molecule has 9 heteroatoms. The summed E-state index contributed by atoms with van der Waals surface area (Å²) in [7, 11) is 0. The van der Waals surface area contributed by atoms with Crippen LogP contribution in [0.2, 0.25) is 0 Å². The predicted molar refractivity (Wildman–Crippen MR) is 111 cm³/mol. The van der Waals surface area contributed by atoms with E-state index in [4.69, 9.17) is 9.47 Å². The summed E-state index contributed by atoms with van der Waals surface area (Å²) in [6.45, 7) is 5.63. The molecule has 0 bridgehead atoms. The lowest BCUT2D eigenvalue weighted by atomic mass is 10.1. The van der Waals surface area contributed by atoms with Crippen molar-refractivity contribution in [2.75, 3.05) is 13.1 Å². The molecule has 2 aromatic rings. The largest absolute Gasteiger partial charge is 0.478 e. The Kier molecular flexibility index (Phi) is 6.43. The molecule has 1 aromatic carbocycles. The predicted octanol–water partition coefficient (Wildman–Crippen LogP) is 2.58. The lowest BCUT2D eigenvalue weighted by molar-refractivity contribution is 0.0273. The molecule has 9 nitrogen and oxygen atoms in total. The van der Waals surface area contributed by atoms with Gasteiger partial charge in [0.2, 0.25) is 5.88 Å². The molecule has 31 heavy (non-hydrogen) atoms. The highest BCUT2D eigenvalue weighted by Gasteiger charge is 2.40. The summed E-state index contributed by atoms with van der Waals surface area (Å²) >= 11 is 0. The first-order valence-electron chi connectivity index (χ1n) is 9.83. The summed E-state index contributed by atoms with van der Waals surface area (Å²) in [5, 5.41) is 12.2. The van der Waals surface area contributed by atoms with E-state index in [1.54, 1.807) is 57.3 Å². The number of pyridine rings is 1. The van der Waals surface area contributed by atoms with Crippen molar-refractivity contribution in [2.24, 2.45) is 0 Å². The zero-order chi connectivity index (χ0) is 22.6. The number of carboxylic acids is 1. The monoisotopic (exact) mass is 427 g/mol. The van der Waals surface area contributed by atoms with Crippen LogP contribution >= 0.6 is 0 Å². The van der Waals surface area contributed by atoms with E-state index in [0.717, 1.165) is 0 Å². The van der Waals surface area contributed by atoms with Gasteiger partial charge in [0, 0.05) is 18.8 Å². The second-order valence-electron chi connectivity index (χ2n) is 8.14. The van der Waals surface area contributed by atoms with Crippen molar-refractivity contribution < 1.29 is 29.0 Å². The van der Waals surface area contributed by atoms with Crippen molar-refractivity contribution in [1.82, 2.24) is 15.2 Å². The maximum absolute atomic E-state index is 12.8. The van der Waals surface area contributed by atoms with E-state index in [-0.39, 0.29) is 24.2 Å². The lowest BCUT2D eigenvalue weighted by Crippen LogP contribution is -2.45. The van der Waals surface area contributed by atoms with Crippen molar-refractivity contribution in [2.45, 2.75) is 38.5 Å². The summed E-state index contributed by atoms with van der Waals surface area (Å²) in [5.74, 6) is -1.42. The number of carboxylic acid groups (broad SMARTS) is 1. The van der Waals surface area contributed by atoms with Crippen molar-refractivity contribution in [1.29, 1.82) is 0 Å². The Balaban J connectivity index is 1.80. The number of benzene rings is 1. The minimum absolute atomic E-state index is 0.0299. The van der Waals surface area contributed by atoms with Gasteiger partial charge in [-0.25, -0.2) is 14.6 Å². The number of nitrogens with zero attached hydrogens (tertiary/aromatic N) is 2. The number of aromatic carboxylic acids is 1. The van der Waals surface area contributed by atoms with Gasteiger partial charge in [-0.3, -0.25) is 4.79 Å². The average molecular weight is 427 g/mol. The summed E-state index contributed by atoms with van der Waals surface area (Å²) in [6, 6.07) is 10.5. The minimum atomic E-state index is -1.20. The third-order valence-corrected chi connectivity index (χ3v) is 4.55. The summed E-state index contributed by atoms with van der Waals surface area (Å²) in [4.78, 5) is 42.4. The molecular formula is C22H25N3O6. The van der Waals surface area contributed by atoms with Crippen molar-refractivity contribution in [3.63, 3.8) is 0 Å². The quantitative estimate of drug-likeness (QED) is 0.753. The normalized spacial score (nSPS) is 18.4. The van der Waals surface area contributed by atoms with Gasteiger partial charge in [0.25, 0.3) is 5.91 Å².